The van der Waals surface area contributed by atoms with E-state index < -0.39 is 47.7 Å². The highest BCUT2D eigenvalue weighted by atomic mass is 19.4. The first-order valence-corrected chi connectivity index (χ1v) is 10.3. The zero-order chi connectivity index (χ0) is 26.3. The fourth-order valence-electron chi connectivity index (χ4n) is 3.80. The smallest absolute Gasteiger partial charge is 0.457 e. The van der Waals surface area contributed by atoms with Crippen LogP contribution in [0.4, 0.5) is 32.0 Å². The van der Waals surface area contributed by atoms with Crippen molar-refractivity contribution in [3.05, 3.63) is 82.7 Å². The molecule has 0 saturated heterocycles. The summed E-state index contributed by atoms with van der Waals surface area (Å²) in [6.07, 6.45) is -5.60. The van der Waals surface area contributed by atoms with Gasteiger partial charge in [0.2, 0.25) is 0 Å². The van der Waals surface area contributed by atoms with Gasteiger partial charge in [0.05, 0.1) is 11.1 Å². The largest absolute Gasteiger partial charge is 0.573 e. The monoisotopic (exact) mass is 510 g/mol. The maximum atomic E-state index is 14.4. The van der Waals surface area contributed by atoms with Crippen molar-refractivity contribution in [2.75, 3.05) is 5.32 Å². The first-order valence-electron chi connectivity index (χ1n) is 10.3. The van der Waals surface area contributed by atoms with Gasteiger partial charge >= 0.3 is 6.36 Å². The molecule has 2 amide bonds. The van der Waals surface area contributed by atoms with Gasteiger partial charge in [0.25, 0.3) is 17.7 Å². The number of fused-ring (bicyclic) bond motifs is 1. The Morgan fingerprint density at radius 2 is 1.64 bits per heavy atom. The third-order valence-electron chi connectivity index (χ3n) is 5.36. The highest BCUT2D eigenvalue weighted by molar-refractivity contribution is 6.08. The van der Waals surface area contributed by atoms with Crippen molar-refractivity contribution in [1.29, 1.82) is 0 Å². The summed E-state index contributed by atoms with van der Waals surface area (Å²) in [4.78, 5) is 24.6. The zero-order valence-corrected chi connectivity index (χ0v) is 18.1. The summed E-state index contributed by atoms with van der Waals surface area (Å²) in [5, 5.41) is 2.42. The second-order valence-electron chi connectivity index (χ2n) is 7.80. The molecule has 0 atom stereocenters. The number of nitrogens with two attached hydrogens (primary N) is 1. The Labute approximate surface area is 199 Å². The van der Waals surface area contributed by atoms with Crippen molar-refractivity contribution < 1.29 is 45.4 Å². The van der Waals surface area contributed by atoms with Gasteiger partial charge in [-0.05, 0) is 66.6 Å². The average molecular weight is 510 g/mol. The number of hydrogen-bond acceptors (Lipinski definition) is 4. The molecule has 3 N–H and O–H groups in total. The van der Waals surface area contributed by atoms with E-state index in [2.05, 4.69) is 10.1 Å². The van der Waals surface area contributed by atoms with E-state index in [1.165, 1.54) is 0 Å². The lowest BCUT2D eigenvalue weighted by molar-refractivity contribution is -0.274. The number of rotatable bonds is 6. The molecule has 0 fully saturated rings. The van der Waals surface area contributed by atoms with E-state index >= 15 is 0 Å². The van der Waals surface area contributed by atoms with Gasteiger partial charge in [0.15, 0.2) is 0 Å². The SMILES string of the molecule is NC(=O)c1cc(NC(=O)c2c(Oc3ccc(OC(F)(F)F)cc3)ccc3c2CCC3(F)F)ccc1F. The van der Waals surface area contributed by atoms with E-state index in [0.29, 0.717) is 0 Å². The lowest BCUT2D eigenvalue weighted by atomic mass is 10.0. The van der Waals surface area contributed by atoms with E-state index in [-0.39, 0.29) is 40.3 Å². The summed E-state index contributed by atoms with van der Waals surface area (Å²) in [7, 11) is 0. The van der Waals surface area contributed by atoms with Gasteiger partial charge in [-0.1, -0.05) is 0 Å². The minimum atomic E-state index is -4.90. The van der Waals surface area contributed by atoms with Crippen LogP contribution >= 0.6 is 0 Å². The summed E-state index contributed by atoms with van der Waals surface area (Å²) >= 11 is 0. The Morgan fingerprint density at radius 3 is 2.28 bits per heavy atom. The number of anilines is 1. The molecule has 3 aromatic carbocycles. The van der Waals surface area contributed by atoms with Crippen molar-refractivity contribution in [3.8, 4) is 17.2 Å². The highest BCUT2D eigenvalue weighted by Crippen LogP contribution is 2.46. The molecule has 0 spiro atoms. The molecule has 188 valence electrons. The molecular weight excluding hydrogens is 494 g/mol. The van der Waals surface area contributed by atoms with Crippen LogP contribution in [0, 0.1) is 5.82 Å². The molecule has 3 aromatic rings. The van der Waals surface area contributed by atoms with Crippen LogP contribution in [-0.4, -0.2) is 18.2 Å². The number of benzene rings is 3. The maximum Gasteiger partial charge on any atom is 0.573 e. The molecule has 6 nitrogen and oxygen atoms in total. The quantitative estimate of drug-likeness (QED) is 0.404. The number of hydrogen-bond donors (Lipinski definition) is 2. The van der Waals surface area contributed by atoms with E-state index in [9.17, 15) is 35.9 Å². The first-order chi connectivity index (χ1) is 16.8. The van der Waals surface area contributed by atoms with Crippen LogP contribution in [0.15, 0.2) is 54.6 Å². The fourth-order valence-corrected chi connectivity index (χ4v) is 3.80. The van der Waals surface area contributed by atoms with Crippen LogP contribution in [0.1, 0.15) is 38.3 Å². The number of alkyl halides is 5. The van der Waals surface area contributed by atoms with E-state index in [1.54, 1.807) is 0 Å². The van der Waals surface area contributed by atoms with Gasteiger partial charge in [0, 0.05) is 17.7 Å². The van der Waals surface area contributed by atoms with Crippen molar-refractivity contribution in [1.82, 2.24) is 0 Å². The average Bonchev–Trinajstić information content (AvgIpc) is 3.09. The Bertz CT molecular complexity index is 1340. The normalized spacial score (nSPS) is 14.2. The molecule has 0 aromatic heterocycles. The highest BCUT2D eigenvalue weighted by Gasteiger charge is 2.42. The Hall–Kier alpha value is -4.22. The number of primary amides is 1. The number of ether oxygens (including phenoxy) is 2. The summed E-state index contributed by atoms with van der Waals surface area (Å²) in [5.41, 5.74) is 4.00. The molecule has 0 heterocycles. The van der Waals surface area contributed by atoms with Crippen LogP contribution in [-0.2, 0) is 12.3 Å². The molecule has 36 heavy (non-hydrogen) atoms. The maximum absolute atomic E-state index is 14.4. The van der Waals surface area contributed by atoms with Crippen molar-refractivity contribution >= 4 is 17.5 Å². The van der Waals surface area contributed by atoms with Gasteiger partial charge in [0.1, 0.15) is 23.1 Å². The standard InChI is InChI=1S/C24H16F6N2O4/c25-18-7-1-12(11-16(18)21(31)33)32-22(34)20-15-9-10-23(26,27)17(15)6-8-19(20)35-13-2-4-14(5-3-13)36-24(28,29)30/h1-8,11H,9-10H2,(H2,31,33)(H,32,34). The number of carbonyl (C=O) groups is 2. The molecule has 12 heteroatoms. The minimum absolute atomic E-state index is 0.000999. The summed E-state index contributed by atoms with van der Waals surface area (Å²) in [5.74, 6) is -6.73. The predicted molar refractivity (Wildman–Crippen MR) is 115 cm³/mol. The first kappa shape index (κ1) is 24.9. The van der Waals surface area contributed by atoms with Gasteiger partial charge < -0.3 is 20.5 Å². The van der Waals surface area contributed by atoms with E-state index in [0.717, 1.165) is 54.6 Å². The molecule has 0 saturated carbocycles. The molecule has 1 aliphatic carbocycles. The Morgan fingerprint density at radius 1 is 0.972 bits per heavy atom. The van der Waals surface area contributed by atoms with Crippen molar-refractivity contribution in [2.24, 2.45) is 5.73 Å². The molecule has 0 unspecified atom stereocenters. The van der Waals surface area contributed by atoms with Gasteiger partial charge in [-0.15, -0.1) is 13.2 Å². The van der Waals surface area contributed by atoms with Crippen LogP contribution in [0.3, 0.4) is 0 Å². The molecule has 4 rings (SSSR count). The zero-order valence-electron chi connectivity index (χ0n) is 18.1. The number of halogens is 6. The van der Waals surface area contributed by atoms with Crippen LogP contribution in [0.2, 0.25) is 0 Å². The van der Waals surface area contributed by atoms with Gasteiger partial charge in [-0.2, -0.15) is 0 Å². The van der Waals surface area contributed by atoms with Crippen molar-refractivity contribution in [2.45, 2.75) is 25.1 Å². The van der Waals surface area contributed by atoms with Gasteiger partial charge in [-0.25, -0.2) is 13.2 Å². The summed E-state index contributed by atoms with van der Waals surface area (Å²) < 4.78 is 89.1. The third-order valence-corrected chi connectivity index (χ3v) is 5.36. The fraction of sp³-hybridized carbons (Fsp3) is 0.167. The van der Waals surface area contributed by atoms with Crippen LogP contribution in [0.5, 0.6) is 17.2 Å². The number of nitrogens with one attached hydrogen (secondary N) is 1. The lowest BCUT2D eigenvalue weighted by Gasteiger charge is -2.17. The second-order valence-corrected chi connectivity index (χ2v) is 7.80. The summed E-state index contributed by atoms with van der Waals surface area (Å²) in [6.45, 7) is 0. The Balaban J connectivity index is 1.69. The summed E-state index contributed by atoms with van der Waals surface area (Å²) in [6, 6.07) is 9.55. The Kier molecular flexibility index (Phi) is 6.29. The minimum Gasteiger partial charge on any atom is -0.457 e. The topological polar surface area (TPSA) is 90.7 Å². The lowest BCUT2D eigenvalue weighted by Crippen LogP contribution is -2.18. The predicted octanol–water partition coefficient (Wildman–Crippen LogP) is 5.91. The van der Waals surface area contributed by atoms with E-state index in [1.807, 2.05) is 0 Å². The van der Waals surface area contributed by atoms with Crippen molar-refractivity contribution in [3.63, 3.8) is 0 Å². The van der Waals surface area contributed by atoms with E-state index in [4.69, 9.17) is 10.5 Å². The molecule has 0 bridgehead atoms. The molecule has 0 aliphatic heterocycles. The third kappa shape index (κ3) is 5.21. The van der Waals surface area contributed by atoms with Gasteiger partial charge in [-0.3, -0.25) is 9.59 Å². The molecular formula is C24H16F6N2O4. The van der Waals surface area contributed by atoms with Crippen LogP contribution < -0.4 is 20.5 Å². The van der Waals surface area contributed by atoms with Crippen LogP contribution in [0.25, 0.3) is 0 Å². The number of carbonyl (C=O) groups excluding carboxylic acids is 2. The number of amides is 2. The molecule has 1 aliphatic rings. The molecule has 0 radical (unpaired) electrons. The second kappa shape index (κ2) is 9.10.